The molecule has 0 saturated carbocycles. The minimum atomic E-state index is -3.41. The Bertz CT molecular complexity index is 723. The summed E-state index contributed by atoms with van der Waals surface area (Å²) in [7, 11) is -3.41. The van der Waals surface area contributed by atoms with Crippen molar-refractivity contribution in [2.24, 2.45) is 5.92 Å². The van der Waals surface area contributed by atoms with Crippen LogP contribution in [0.25, 0.3) is 0 Å². The molecule has 2 saturated heterocycles. The predicted molar refractivity (Wildman–Crippen MR) is 114 cm³/mol. The first-order valence-electron chi connectivity index (χ1n) is 10.0. The minimum Gasteiger partial charge on any atom is -0.338 e. The van der Waals surface area contributed by atoms with Crippen LogP contribution in [0.3, 0.4) is 0 Å². The van der Waals surface area contributed by atoms with E-state index in [-0.39, 0.29) is 36.0 Å². The first kappa shape index (κ1) is 23.1. The van der Waals surface area contributed by atoms with E-state index in [1.165, 1.54) is 4.31 Å². The molecule has 0 aromatic heterocycles. The first-order valence-corrected chi connectivity index (χ1v) is 11.6. The molecule has 2 aliphatic rings. The van der Waals surface area contributed by atoms with Gasteiger partial charge in [-0.1, -0.05) is 37.3 Å². The monoisotopic (exact) mass is 429 g/mol. The van der Waals surface area contributed by atoms with Gasteiger partial charge in [-0.15, -0.1) is 12.4 Å². The largest absolute Gasteiger partial charge is 0.338 e. The smallest absolute Gasteiger partial charge is 0.227 e. The molecular weight excluding hydrogens is 398 g/mol. The van der Waals surface area contributed by atoms with Gasteiger partial charge in [0.2, 0.25) is 15.9 Å². The van der Waals surface area contributed by atoms with Crippen LogP contribution in [0.5, 0.6) is 0 Å². The number of halogens is 1. The Labute approximate surface area is 175 Å². The van der Waals surface area contributed by atoms with E-state index in [1.54, 1.807) is 0 Å². The number of nitrogens with zero attached hydrogens (tertiary/aromatic N) is 2. The summed E-state index contributed by atoms with van der Waals surface area (Å²) in [5.41, 5.74) is 0.788. The summed E-state index contributed by atoms with van der Waals surface area (Å²) in [4.78, 5) is 15.2. The molecule has 158 valence electrons. The zero-order valence-electron chi connectivity index (χ0n) is 16.5. The van der Waals surface area contributed by atoms with Gasteiger partial charge in [0.15, 0.2) is 0 Å². The Balaban J connectivity index is 0.00000280. The molecule has 2 fully saturated rings. The fraction of sp³-hybridized carbons (Fsp3) is 0.650. The lowest BCUT2D eigenvalue weighted by Gasteiger charge is -2.36. The summed E-state index contributed by atoms with van der Waals surface area (Å²) in [6, 6.07) is 9.50. The average Bonchev–Trinajstić information content (AvgIpc) is 3.20. The van der Waals surface area contributed by atoms with Crippen molar-refractivity contribution in [2.45, 2.75) is 44.4 Å². The van der Waals surface area contributed by atoms with E-state index >= 15 is 0 Å². The summed E-state index contributed by atoms with van der Waals surface area (Å²) < 4.78 is 27.3. The van der Waals surface area contributed by atoms with Crippen LogP contribution in [-0.2, 0) is 20.6 Å². The van der Waals surface area contributed by atoms with Crippen molar-refractivity contribution in [3.8, 4) is 0 Å². The maximum absolute atomic E-state index is 13.2. The van der Waals surface area contributed by atoms with Crippen LogP contribution in [0.15, 0.2) is 30.3 Å². The van der Waals surface area contributed by atoms with Crippen molar-refractivity contribution in [1.82, 2.24) is 14.5 Å². The number of benzene rings is 1. The Morgan fingerprint density at radius 3 is 2.64 bits per heavy atom. The second-order valence-electron chi connectivity index (χ2n) is 7.62. The molecule has 1 aromatic rings. The van der Waals surface area contributed by atoms with E-state index in [1.807, 2.05) is 35.2 Å². The lowest BCUT2D eigenvalue weighted by atomic mass is 9.97. The zero-order valence-corrected chi connectivity index (χ0v) is 18.2. The van der Waals surface area contributed by atoms with Crippen molar-refractivity contribution in [2.75, 3.05) is 32.7 Å². The van der Waals surface area contributed by atoms with Crippen molar-refractivity contribution >= 4 is 28.3 Å². The molecule has 2 atom stereocenters. The van der Waals surface area contributed by atoms with Crippen molar-refractivity contribution in [3.05, 3.63) is 35.9 Å². The Kier molecular flexibility index (Phi) is 8.74. The second-order valence-corrected chi connectivity index (χ2v) is 9.59. The van der Waals surface area contributed by atoms with E-state index in [2.05, 4.69) is 12.2 Å². The van der Waals surface area contributed by atoms with Crippen molar-refractivity contribution in [3.63, 3.8) is 0 Å². The standard InChI is InChI=1S/C20H31N3O3S.ClH/c1-2-12-23(19-10-11-21-14-19)20(24)18-9-6-13-22(15-18)27(25,26)16-17-7-4-3-5-8-17;/h3-5,7-8,18-19,21H,2,6,9-16H2,1H3;1H. The molecule has 3 rings (SSSR count). The third-order valence-corrected chi connectivity index (χ3v) is 7.36. The van der Waals surface area contributed by atoms with Crippen LogP contribution in [0.4, 0.5) is 0 Å². The predicted octanol–water partition coefficient (Wildman–Crippen LogP) is 2.25. The molecule has 1 aromatic carbocycles. The maximum atomic E-state index is 13.2. The summed E-state index contributed by atoms with van der Waals surface area (Å²) in [5.74, 6) is -0.0958. The normalized spacial score (nSPS) is 23.2. The van der Waals surface area contributed by atoms with Crippen LogP contribution in [0, 0.1) is 5.92 Å². The molecule has 0 spiro atoms. The zero-order chi connectivity index (χ0) is 19.3. The fourth-order valence-electron chi connectivity index (χ4n) is 4.13. The van der Waals surface area contributed by atoms with E-state index in [0.29, 0.717) is 13.1 Å². The van der Waals surface area contributed by atoms with Crippen LogP contribution in [0.1, 0.15) is 38.2 Å². The summed E-state index contributed by atoms with van der Waals surface area (Å²) in [5, 5.41) is 3.33. The Hall–Kier alpha value is -1.15. The number of hydrogen-bond donors (Lipinski definition) is 1. The molecule has 6 nitrogen and oxygen atoms in total. The van der Waals surface area contributed by atoms with E-state index < -0.39 is 10.0 Å². The number of hydrogen-bond acceptors (Lipinski definition) is 4. The van der Waals surface area contributed by atoms with Gasteiger partial charge in [0, 0.05) is 32.2 Å². The molecule has 1 amide bonds. The highest BCUT2D eigenvalue weighted by Crippen LogP contribution is 2.25. The highest BCUT2D eigenvalue weighted by molar-refractivity contribution is 7.88. The van der Waals surface area contributed by atoms with E-state index in [4.69, 9.17) is 0 Å². The fourth-order valence-corrected chi connectivity index (χ4v) is 5.74. The van der Waals surface area contributed by atoms with Crippen LogP contribution < -0.4 is 5.32 Å². The molecule has 0 radical (unpaired) electrons. The Morgan fingerprint density at radius 2 is 2.00 bits per heavy atom. The van der Waals surface area contributed by atoms with Gasteiger partial charge >= 0.3 is 0 Å². The van der Waals surface area contributed by atoms with Gasteiger partial charge in [-0.05, 0) is 37.8 Å². The summed E-state index contributed by atoms with van der Waals surface area (Å²) in [6.45, 7) is 5.44. The van der Waals surface area contributed by atoms with Gasteiger partial charge in [-0.25, -0.2) is 12.7 Å². The molecule has 0 aliphatic carbocycles. The molecule has 2 aliphatic heterocycles. The molecular formula is C20H32ClN3O3S. The number of carbonyl (C=O) groups excluding carboxylic acids is 1. The highest BCUT2D eigenvalue weighted by Gasteiger charge is 2.36. The quantitative estimate of drug-likeness (QED) is 0.721. The van der Waals surface area contributed by atoms with E-state index in [0.717, 1.165) is 50.9 Å². The van der Waals surface area contributed by atoms with Crippen LogP contribution in [0.2, 0.25) is 0 Å². The lowest BCUT2D eigenvalue weighted by Crippen LogP contribution is -2.50. The number of rotatable bonds is 7. The SMILES string of the molecule is CCCN(C(=O)C1CCCN(S(=O)(=O)Cc2ccccc2)C1)C1CCNC1.Cl. The van der Waals surface area contributed by atoms with Gasteiger partial charge in [0.1, 0.15) is 0 Å². The first-order chi connectivity index (χ1) is 13.0. The van der Waals surface area contributed by atoms with Gasteiger partial charge in [-0.2, -0.15) is 0 Å². The molecule has 1 N–H and O–H groups in total. The molecule has 2 unspecified atom stereocenters. The summed E-state index contributed by atoms with van der Waals surface area (Å²) >= 11 is 0. The average molecular weight is 430 g/mol. The van der Waals surface area contributed by atoms with Crippen molar-refractivity contribution in [1.29, 1.82) is 0 Å². The minimum absolute atomic E-state index is 0. The number of nitrogens with one attached hydrogen (secondary N) is 1. The second kappa shape index (κ2) is 10.6. The van der Waals surface area contributed by atoms with Gasteiger partial charge < -0.3 is 10.2 Å². The van der Waals surface area contributed by atoms with Gasteiger partial charge in [0.25, 0.3) is 0 Å². The maximum Gasteiger partial charge on any atom is 0.227 e. The number of sulfonamides is 1. The van der Waals surface area contributed by atoms with E-state index in [9.17, 15) is 13.2 Å². The molecule has 28 heavy (non-hydrogen) atoms. The number of carbonyl (C=O) groups is 1. The molecule has 0 bridgehead atoms. The highest BCUT2D eigenvalue weighted by atomic mass is 35.5. The topological polar surface area (TPSA) is 69.7 Å². The summed E-state index contributed by atoms with van der Waals surface area (Å²) in [6.07, 6.45) is 3.42. The third-order valence-electron chi connectivity index (χ3n) is 5.54. The third kappa shape index (κ3) is 5.69. The van der Waals surface area contributed by atoms with Gasteiger partial charge in [-0.3, -0.25) is 4.79 Å². The van der Waals surface area contributed by atoms with Crippen LogP contribution >= 0.6 is 12.4 Å². The lowest BCUT2D eigenvalue weighted by molar-refractivity contribution is -0.138. The molecule has 2 heterocycles. The Morgan fingerprint density at radius 1 is 1.25 bits per heavy atom. The van der Waals surface area contributed by atoms with Crippen molar-refractivity contribution < 1.29 is 13.2 Å². The number of piperidine rings is 1. The number of amides is 1. The van der Waals surface area contributed by atoms with Gasteiger partial charge in [0.05, 0.1) is 11.7 Å². The van der Waals surface area contributed by atoms with Crippen LogP contribution in [-0.4, -0.2) is 62.3 Å². The molecule has 8 heteroatoms.